The molecule has 1 aromatic carbocycles. The summed E-state index contributed by atoms with van der Waals surface area (Å²) in [5.74, 6) is -0.784. The van der Waals surface area contributed by atoms with Crippen molar-refractivity contribution < 1.29 is 18.3 Å². The highest BCUT2D eigenvalue weighted by Gasteiger charge is 2.14. The standard InChI is InChI=1S/C17H25NO4S/c1-23(21,22)18(14-8-3-2-7-13-17(19)20)15-9-12-16-10-5-4-6-11-16/h4-6,9-12H,2-3,7-8,13-15H2,1H3,(H,19,20)/b12-9+. The van der Waals surface area contributed by atoms with E-state index in [-0.39, 0.29) is 6.42 Å². The summed E-state index contributed by atoms with van der Waals surface area (Å²) in [5.41, 5.74) is 1.04. The highest BCUT2D eigenvalue weighted by atomic mass is 32.2. The molecule has 0 aliphatic rings. The van der Waals surface area contributed by atoms with Gasteiger partial charge in [-0.15, -0.1) is 0 Å². The minimum Gasteiger partial charge on any atom is -0.481 e. The number of carboxylic acid groups (broad SMARTS) is 1. The van der Waals surface area contributed by atoms with Crippen LogP contribution in [0.25, 0.3) is 6.08 Å². The Hall–Kier alpha value is -1.66. The van der Waals surface area contributed by atoms with Crippen molar-refractivity contribution >= 4 is 22.1 Å². The molecule has 0 aliphatic heterocycles. The number of carboxylic acids is 1. The average molecular weight is 339 g/mol. The zero-order chi connectivity index (χ0) is 17.1. The molecule has 0 radical (unpaired) electrons. The first-order chi connectivity index (χ1) is 10.9. The first-order valence-corrected chi connectivity index (χ1v) is 9.63. The van der Waals surface area contributed by atoms with Gasteiger partial charge < -0.3 is 5.11 Å². The van der Waals surface area contributed by atoms with Gasteiger partial charge in [-0.05, 0) is 18.4 Å². The monoisotopic (exact) mass is 339 g/mol. The Labute approximate surface area is 138 Å². The van der Waals surface area contributed by atoms with Gasteiger partial charge in [0.15, 0.2) is 0 Å². The molecule has 1 aromatic rings. The van der Waals surface area contributed by atoms with E-state index in [9.17, 15) is 13.2 Å². The second-order valence-electron chi connectivity index (χ2n) is 5.49. The summed E-state index contributed by atoms with van der Waals surface area (Å²) >= 11 is 0. The summed E-state index contributed by atoms with van der Waals surface area (Å²) in [6, 6.07) is 9.73. The van der Waals surface area contributed by atoms with Crippen molar-refractivity contribution in [3.8, 4) is 0 Å². The molecule has 6 heteroatoms. The third kappa shape index (κ3) is 9.15. The molecule has 0 unspecified atom stereocenters. The van der Waals surface area contributed by atoms with E-state index in [4.69, 9.17) is 5.11 Å². The van der Waals surface area contributed by atoms with Crippen LogP contribution >= 0.6 is 0 Å². The van der Waals surface area contributed by atoms with Crippen LogP contribution in [0.5, 0.6) is 0 Å². The van der Waals surface area contributed by atoms with E-state index < -0.39 is 16.0 Å². The fourth-order valence-corrected chi connectivity index (χ4v) is 3.00. The van der Waals surface area contributed by atoms with Crippen molar-refractivity contribution in [1.29, 1.82) is 0 Å². The predicted molar refractivity (Wildman–Crippen MR) is 92.6 cm³/mol. The van der Waals surface area contributed by atoms with E-state index in [1.807, 2.05) is 42.5 Å². The van der Waals surface area contributed by atoms with Crippen LogP contribution in [-0.2, 0) is 14.8 Å². The molecule has 0 aliphatic carbocycles. The summed E-state index contributed by atoms with van der Waals surface area (Å²) in [6.07, 6.45) is 8.18. The van der Waals surface area contributed by atoms with Gasteiger partial charge in [0, 0.05) is 19.5 Å². The fourth-order valence-electron chi connectivity index (χ4n) is 2.18. The van der Waals surface area contributed by atoms with Crippen molar-refractivity contribution in [2.24, 2.45) is 0 Å². The van der Waals surface area contributed by atoms with E-state index in [1.54, 1.807) is 0 Å². The third-order valence-corrected chi connectivity index (χ3v) is 4.71. The molecule has 0 saturated carbocycles. The number of benzene rings is 1. The van der Waals surface area contributed by atoms with Gasteiger partial charge in [0.1, 0.15) is 0 Å². The van der Waals surface area contributed by atoms with Gasteiger partial charge in [-0.3, -0.25) is 4.79 Å². The zero-order valence-corrected chi connectivity index (χ0v) is 14.3. The second kappa shape index (κ2) is 10.2. The lowest BCUT2D eigenvalue weighted by Gasteiger charge is -2.18. The van der Waals surface area contributed by atoms with Gasteiger partial charge in [-0.1, -0.05) is 55.3 Å². The largest absolute Gasteiger partial charge is 0.481 e. The molecule has 5 nitrogen and oxygen atoms in total. The van der Waals surface area contributed by atoms with Crippen LogP contribution in [0.1, 0.15) is 37.7 Å². The molecule has 0 atom stereocenters. The number of nitrogens with zero attached hydrogens (tertiary/aromatic N) is 1. The lowest BCUT2D eigenvalue weighted by Crippen LogP contribution is -2.31. The average Bonchev–Trinajstić information content (AvgIpc) is 2.48. The van der Waals surface area contributed by atoms with E-state index >= 15 is 0 Å². The van der Waals surface area contributed by atoms with Crippen molar-refractivity contribution in [3.63, 3.8) is 0 Å². The minimum absolute atomic E-state index is 0.176. The Morgan fingerprint density at radius 1 is 1.13 bits per heavy atom. The molecule has 23 heavy (non-hydrogen) atoms. The van der Waals surface area contributed by atoms with E-state index in [2.05, 4.69) is 0 Å². The van der Waals surface area contributed by atoms with Crippen LogP contribution in [0.4, 0.5) is 0 Å². The highest BCUT2D eigenvalue weighted by Crippen LogP contribution is 2.08. The molecule has 1 rings (SSSR count). The van der Waals surface area contributed by atoms with Gasteiger partial charge in [-0.2, -0.15) is 4.31 Å². The molecule has 0 spiro atoms. The molecule has 0 heterocycles. The third-order valence-electron chi connectivity index (χ3n) is 3.44. The van der Waals surface area contributed by atoms with E-state index in [1.165, 1.54) is 10.6 Å². The number of sulfonamides is 1. The lowest BCUT2D eigenvalue weighted by molar-refractivity contribution is -0.137. The number of hydrogen-bond donors (Lipinski definition) is 1. The second-order valence-corrected chi connectivity index (χ2v) is 7.47. The maximum absolute atomic E-state index is 11.8. The Bertz CT molecular complexity index is 596. The fraction of sp³-hybridized carbons (Fsp3) is 0.471. The quantitative estimate of drug-likeness (QED) is 0.629. The van der Waals surface area contributed by atoms with Crippen LogP contribution in [0.3, 0.4) is 0 Å². The van der Waals surface area contributed by atoms with Crippen LogP contribution in [0.15, 0.2) is 36.4 Å². The maximum Gasteiger partial charge on any atom is 0.303 e. The molecule has 0 bridgehead atoms. The summed E-state index contributed by atoms with van der Waals surface area (Å²) in [4.78, 5) is 10.4. The predicted octanol–water partition coefficient (Wildman–Crippen LogP) is 3.00. The van der Waals surface area contributed by atoms with Crippen LogP contribution in [0, 0.1) is 0 Å². The molecule has 0 aromatic heterocycles. The van der Waals surface area contributed by atoms with Crippen molar-refractivity contribution in [3.05, 3.63) is 42.0 Å². The number of carbonyl (C=O) groups is 1. The van der Waals surface area contributed by atoms with Gasteiger partial charge in [0.05, 0.1) is 6.26 Å². The summed E-state index contributed by atoms with van der Waals surface area (Å²) in [6.45, 7) is 0.813. The molecule has 1 N–H and O–H groups in total. The Kier molecular flexibility index (Phi) is 8.58. The van der Waals surface area contributed by atoms with Gasteiger partial charge >= 0.3 is 5.97 Å². The Balaban J connectivity index is 2.39. The Morgan fingerprint density at radius 3 is 2.39 bits per heavy atom. The lowest BCUT2D eigenvalue weighted by atomic mass is 10.1. The normalized spacial score (nSPS) is 12.1. The van der Waals surface area contributed by atoms with Gasteiger partial charge in [-0.25, -0.2) is 8.42 Å². The zero-order valence-electron chi connectivity index (χ0n) is 13.5. The smallest absolute Gasteiger partial charge is 0.303 e. The van der Waals surface area contributed by atoms with E-state index in [0.717, 1.165) is 24.8 Å². The number of hydrogen-bond acceptors (Lipinski definition) is 3. The number of rotatable bonds is 11. The topological polar surface area (TPSA) is 74.7 Å². The first-order valence-electron chi connectivity index (χ1n) is 7.78. The van der Waals surface area contributed by atoms with Crippen molar-refractivity contribution in [2.75, 3.05) is 19.3 Å². The van der Waals surface area contributed by atoms with Crippen molar-refractivity contribution in [1.82, 2.24) is 4.31 Å². The number of aliphatic carboxylic acids is 1. The Morgan fingerprint density at radius 2 is 1.78 bits per heavy atom. The maximum atomic E-state index is 11.8. The van der Waals surface area contributed by atoms with Crippen LogP contribution < -0.4 is 0 Å². The summed E-state index contributed by atoms with van der Waals surface area (Å²) < 4.78 is 25.0. The summed E-state index contributed by atoms with van der Waals surface area (Å²) in [5, 5.41) is 8.56. The first kappa shape index (κ1) is 19.4. The summed E-state index contributed by atoms with van der Waals surface area (Å²) in [7, 11) is -3.24. The van der Waals surface area contributed by atoms with Gasteiger partial charge in [0.2, 0.25) is 10.0 Å². The molecule has 0 fully saturated rings. The minimum atomic E-state index is -3.24. The number of unbranched alkanes of at least 4 members (excludes halogenated alkanes) is 3. The molecular formula is C17H25NO4S. The van der Waals surface area contributed by atoms with Gasteiger partial charge in [0.25, 0.3) is 0 Å². The molecule has 0 saturated heterocycles. The molecule has 128 valence electrons. The van der Waals surface area contributed by atoms with Crippen LogP contribution in [-0.4, -0.2) is 43.1 Å². The SMILES string of the molecule is CS(=O)(=O)N(C/C=C/c1ccccc1)CCCCCCC(=O)O. The van der Waals surface area contributed by atoms with Crippen molar-refractivity contribution in [2.45, 2.75) is 32.1 Å². The highest BCUT2D eigenvalue weighted by molar-refractivity contribution is 7.88. The van der Waals surface area contributed by atoms with E-state index in [0.29, 0.717) is 19.5 Å². The molecule has 0 amide bonds. The van der Waals surface area contributed by atoms with Crippen LogP contribution in [0.2, 0.25) is 0 Å². The molecular weight excluding hydrogens is 314 g/mol.